The molecule has 0 bridgehead atoms. The number of rotatable bonds is 11. The Hall–Kier alpha value is -0.300. The molecule has 1 atom stereocenters. The van der Waals surface area contributed by atoms with E-state index in [-0.39, 0.29) is 0 Å². The minimum atomic E-state index is 0.401. The quantitative estimate of drug-likeness (QED) is 0.356. The molecule has 0 fully saturated rings. The van der Waals surface area contributed by atoms with E-state index in [0.717, 1.165) is 6.42 Å². The van der Waals surface area contributed by atoms with Gasteiger partial charge in [-0.1, -0.05) is 57.9 Å². The molecule has 0 heterocycles. The van der Waals surface area contributed by atoms with Crippen LogP contribution in [0, 0.1) is 0 Å². The Labute approximate surface area is 95.9 Å². The van der Waals surface area contributed by atoms with Crippen molar-refractivity contribution < 1.29 is 4.74 Å². The maximum absolute atomic E-state index is 5.36. The number of hydrogen-bond donors (Lipinski definition) is 0. The van der Waals surface area contributed by atoms with Crippen LogP contribution in [0.3, 0.4) is 0 Å². The summed E-state index contributed by atoms with van der Waals surface area (Å²) in [6, 6.07) is 0. The molecule has 0 saturated heterocycles. The van der Waals surface area contributed by atoms with E-state index >= 15 is 0 Å². The Balaban J connectivity index is 3.17. The fourth-order valence-electron chi connectivity index (χ4n) is 1.85. The van der Waals surface area contributed by atoms with Crippen molar-refractivity contribution in [2.75, 3.05) is 7.11 Å². The largest absolute Gasteiger partial charge is 0.381 e. The summed E-state index contributed by atoms with van der Waals surface area (Å²) in [4.78, 5) is 0. The zero-order valence-corrected chi connectivity index (χ0v) is 10.6. The van der Waals surface area contributed by atoms with E-state index in [1.807, 2.05) is 6.08 Å². The second kappa shape index (κ2) is 11.8. The molecule has 0 aliphatic carbocycles. The first-order chi connectivity index (χ1) is 7.35. The molecule has 0 aromatic carbocycles. The fourth-order valence-corrected chi connectivity index (χ4v) is 1.85. The van der Waals surface area contributed by atoms with Crippen LogP contribution >= 0.6 is 0 Å². The van der Waals surface area contributed by atoms with Crippen LogP contribution in [0.25, 0.3) is 0 Å². The van der Waals surface area contributed by atoms with Gasteiger partial charge in [0.2, 0.25) is 0 Å². The van der Waals surface area contributed by atoms with Crippen LogP contribution in [-0.4, -0.2) is 13.2 Å². The predicted molar refractivity (Wildman–Crippen MR) is 68.2 cm³/mol. The summed E-state index contributed by atoms with van der Waals surface area (Å²) < 4.78 is 5.36. The van der Waals surface area contributed by atoms with E-state index < -0.39 is 0 Å². The number of hydrogen-bond acceptors (Lipinski definition) is 1. The molecular formula is C14H28O. The molecule has 0 spiro atoms. The molecule has 0 aliphatic heterocycles. The Kier molecular flexibility index (Phi) is 11.5. The van der Waals surface area contributed by atoms with E-state index in [9.17, 15) is 0 Å². The summed E-state index contributed by atoms with van der Waals surface area (Å²) in [6.45, 7) is 6.01. The molecule has 0 amide bonds. The zero-order chi connectivity index (χ0) is 11.4. The van der Waals surface area contributed by atoms with Gasteiger partial charge in [0, 0.05) is 7.11 Å². The summed E-state index contributed by atoms with van der Waals surface area (Å²) in [5, 5.41) is 0. The molecule has 1 nitrogen and oxygen atoms in total. The molecule has 15 heavy (non-hydrogen) atoms. The molecule has 0 saturated carbocycles. The van der Waals surface area contributed by atoms with Gasteiger partial charge in [-0.25, -0.2) is 0 Å². The minimum Gasteiger partial charge on any atom is -0.381 e. The van der Waals surface area contributed by atoms with Gasteiger partial charge in [-0.05, 0) is 12.8 Å². The van der Waals surface area contributed by atoms with Gasteiger partial charge in [-0.2, -0.15) is 0 Å². The maximum atomic E-state index is 5.36. The highest BCUT2D eigenvalue weighted by atomic mass is 16.5. The lowest BCUT2D eigenvalue weighted by Crippen LogP contribution is -2.08. The van der Waals surface area contributed by atoms with Crippen LogP contribution in [-0.2, 0) is 4.74 Å². The first-order valence-electron chi connectivity index (χ1n) is 6.48. The average Bonchev–Trinajstić information content (AvgIpc) is 2.26. The van der Waals surface area contributed by atoms with E-state index in [1.165, 1.54) is 51.4 Å². The topological polar surface area (TPSA) is 9.23 Å². The summed E-state index contributed by atoms with van der Waals surface area (Å²) in [5.41, 5.74) is 0. The van der Waals surface area contributed by atoms with E-state index in [0.29, 0.717) is 6.10 Å². The van der Waals surface area contributed by atoms with Crippen molar-refractivity contribution >= 4 is 0 Å². The van der Waals surface area contributed by atoms with Gasteiger partial charge in [-0.15, -0.1) is 6.58 Å². The Morgan fingerprint density at radius 1 is 1.07 bits per heavy atom. The molecule has 0 N–H and O–H groups in total. The van der Waals surface area contributed by atoms with Crippen LogP contribution < -0.4 is 0 Å². The zero-order valence-electron chi connectivity index (χ0n) is 10.6. The third kappa shape index (κ3) is 9.99. The van der Waals surface area contributed by atoms with Gasteiger partial charge in [0.25, 0.3) is 0 Å². The summed E-state index contributed by atoms with van der Waals surface area (Å²) in [6.07, 6.45) is 14.2. The first kappa shape index (κ1) is 14.7. The van der Waals surface area contributed by atoms with Crippen LogP contribution in [0.4, 0.5) is 0 Å². The average molecular weight is 212 g/mol. The second-order valence-electron chi connectivity index (χ2n) is 4.29. The van der Waals surface area contributed by atoms with Gasteiger partial charge in [0.05, 0.1) is 6.10 Å². The van der Waals surface area contributed by atoms with E-state index in [2.05, 4.69) is 13.5 Å². The lowest BCUT2D eigenvalue weighted by molar-refractivity contribution is 0.0953. The molecule has 0 radical (unpaired) electrons. The van der Waals surface area contributed by atoms with Crippen molar-refractivity contribution in [3.63, 3.8) is 0 Å². The van der Waals surface area contributed by atoms with Gasteiger partial charge in [0.1, 0.15) is 0 Å². The Bertz CT molecular complexity index is 131. The maximum Gasteiger partial charge on any atom is 0.0605 e. The third-order valence-electron chi connectivity index (χ3n) is 2.89. The van der Waals surface area contributed by atoms with Crippen LogP contribution in [0.15, 0.2) is 12.7 Å². The Morgan fingerprint density at radius 2 is 1.67 bits per heavy atom. The summed E-state index contributed by atoms with van der Waals surface area (Å²) in [7, 11) is 1.80. The predicted octanol–water partition coefficient (Wildman–Crippen LogP) is 4.72. The molecule has 0 aliphatic rings. The summed E-state index contributed by atoms with van der Waals surface area (Å²) >= 11 is 0. The Morgan fingerprint density at radius 3 is 2.20 bits per heavy atom. The number of methoxy groups -OCH3 is 1. The molecule has 0 aromatic heterocycles. The third-order valence-corrected chi connectivity index (χ3v) is 2.89. The highest BCUT2D eigenvalue weighted by molar-refractivity contribution is 4.73. The number of unbranched alkanes of at least 4 members (excludes halogenated alkanes) is 6. The molecule has 90 valence electrons. The standard InChI is InChI=1S/C14H28O/c1-4-6-7-8-9-10-11-13-14(15-3)12-5-2/h5,14H,2,4,6-13H2,1,3H3. The molecule has 1 heteroatoms. The first-order valence-corrected chi connectivity index (χ1v) is 6.48. The normalized spacial score (nSPS) is 12.7. The molecule has 0 rings (SSSR count). The van der Waals surface area contributed by atoms with Gasteiger partial charge < -0.3 is 4.74 Å². The van der Waals surface area contributed by atoms with Crippen molar-refractivity contribution in [1.82, 2.24) is 0 Å². The second-order valence-corrected chi connectivity index (χ2v) is 4.29. The highest BCUT2D eigenvalue weighted by Gasteiger charge is 2.03. The van der Waals surface area contributed by atoms with Crippen LogP contribution in [0.2, 0.25) is 0 Å². The fraction of sp³-hybridized carbons (Fsp3) is 0.857. The molecular weight excluding hydrogens is 184 g/mol. The van der Waals surface area contributed by atoms with Crippen molar-refractivity contribution in [3.05, 3.63) is 12.7 Å². The van der Waals surface area contributed by atoms with Crippen molar-refractivity contribution in [1.29, 1.82) is 0 Å². The van der Waals surface area contributed by atoms with E-state index in [1.54, 1.807) is 7.11 Å². The van der Waals surface area contributed by atoms with Gasteiger partial charge in [0.15, 0.2) is 0 Å². The molecule has 1 unspecified atom stereocenters. The monoisotopic (exact) mass is 212 g/mol. The number of ether oxygens (including phenoxy) is 1. The van der Waals surface area contributed by atoms with E-state index in [4.69, 9.17) is 4.74 Å². The minimum absolute atomic E-state index is 0.401. The van der Waals surface area contributed by atoms with Crippen molar-refractivity contribution in [2.45, 2.75) is 70.8 Å². The summed E-state index contributed by atoms with van der Waals surface area (Å²) in [5.74, 6) is 0. The molecule has 0 aromatic rings. The van der Waals surface area contributed by atoms with Gasteiger partial charge >= 0.3 is 0 Å². The lowest BCUT2D eigenvalue weighted by Gasteiger charge is -2.12. The van der Waals surface area contributed by atoms with Crippen molar-refractivity contribution in [3.8, 4) is 0 Å². The lowest BCUT2D eigenvalue weighted by atomic mass is 10.0. The van der Waals surface area contributed by atoms with Crippen molar-refractivity contribution in [2.24, 2.45) is 0 Å². The smallest absolute Gasteiger partial charge is 0.0605 e. The van der Waals surface area contributed by atoms with Crippen LogP contribution in [0.5, 0.6) is 0 Å². The SMILES string of the molecule is C=CCC(CCCCCCCCC)OC. The van der Waals surface area contributed by atoms with Gasteiger partial charge in [-0.3, -0.25) is 0 Å². The highest BCUT2D eigenvalue weighted by Crippen LogP contribution is 2.12. The van der Waals surface area contributed by atoms with Crippen LogP contribution in [0.1, 0.15) is 64.7 Å².